The second-order valence-corrected chi connectivity index (χ2v) is 6.54. The normalized spacial score (nSPS) is 22.6. The van der Waals surface area contributed by atoms with Gasteiger partial charge in [-0.15, -0.1) is 0 Å². The fourth-order valence-corrected chi connectivity index (χ4v) is 3.72. The Morgan fingerprint density at radius 1 is 1.21 bits per heavy atom. The van der Waals surface area contributed by atoms with E-state index in [-0.39, 0.29) is 17.0 Å². The first-order chi connectivity index (χ1) is 13.6. The molecule has 2 N–H and O–H groups in total. The molecule has 4 rings (SSSR count). The van der Waals surface area contributed by atoms with Gasteiger partial charge in [-0.25, -0.2) is 4.79 Å². The van der Waals surface area contributed by atoms with Crippen molar-refractivity contribution in [3.8, 4) is 6.07 Å². The number of carbonyl (C=O) groups is 1. The summed E-state index contributed by atoms with van der Waals surface area (Å²) in [5, 5.41) is 10.2. The van der Waals surface area contributed by atoms with Crippen molar-refractivity contribution in [2.75, 3.05) is 7.11 Å². The van der Waals surface area contributed by atoms with Crippen LogP contribution >= 0.6 is 0 Å². The first kappa shape index (κ1) is 17.7. The van der Waals surface area contributed by atoms with Gasteiger partial charge in [0.1, 0.15) is 6.26 Å². The highest BCUT2D eigenvalue weighted by molar-refractivity contribution is 6.05. The van der Waals surface area contributed by atoms with Crippen molar-refractivity contribution < 1.29 is 19.0 Å². The minimum atomic E-state index is -1.51. The van der Waals surface area contributed by atoms with E-state index in [4.69, 9.17) is 19.9 Å². The van der Waals surface area contributed by atoms with Gasteiger partial charge in [-0.1, -0.05) is 54.6 Å². The zero-order chi connectivity index (χ0) is 19.7. The largest absolute Gasteiger partial charge is 0.466 e. The van der Waals surface area contributed by atoms with E-state index in [0.717, 1.165) is 5.56 Å². The molecule has 0 aromatic heterocycles. The minimum absolute atomic E-state index is 0.0499. The van der Waals surface area contributed by atoms with E-state index in [1.54, 1.807) is 24.3 Å². The van der Waals surface area contributed by atoms with Crippen LogP contribution in [-0.2, 0) is 30.8 Å². The average molecular weight is 374 g/mol. The lowest BCUT2D eigenvalue weighted by Gasteiger charge is -2.25. The second kappa shape index (κ2) is 6.78. The molecule has 2 aromatic rings. The number of carbonyl (C=O) groups excluding carboxylic acids is 1. The number of allylic oxidation sites excluding steroid dienone is 1. The van der Waals surface area contributed by atoms with E-state index in [9.17, 15) is 10.1 Å². The van der Waals surface area contributed by atoms with Crippen LogP contribution in [0.4, 0.5) is 0 Å². The zero-order valence-electron chi connectivity index (χ0n) is 15.2. The van der Waals surface area contributed by atoms with E-state index in [2.05, 4.69) is 6.07 Å². The highest BCUT2D eigenvalue weighted by Gasteiger charge is 2.55. The van der Waals surface area contributed by atoms with Gasteiger partial charge in [-0.3, -0.25) is 0 Å². The van der Waals surface area contributed by atoms with Crippen LogP contribution < -0.4 is 5.73 Å². The summed E-state index contributed by atoms with van der Waals surface area (Å²) < 4.78 is 16.6. The Balaban J connectivity index is 1.74. The van der Waals surface area contributed by atoms with Crippen molar-refractivity contribution >= 4 is 11.7 Å². The number of nitriles is 1. The third-order valence-corrected chi connectivity index (χ3v) is 5.02. The molecule has 2 atom stereocenters. The van der Waals surface area contributed by atoms with Crippen LogP contribution in [0, 0.1) is 11.3 Å². The molecule has 0 radical (unpaired) electrons. The summed E-state index contributed by atoms with van der Waals surface area (Å²) in [5.74, 6) is -0.449. The fraction of sp³-hybridized carbons (Fsp3) is 0.182. The smallest absolute Gasteiger partial charge is 0.338 e. The number of nitrogens with two attached hydrogens (primary N) is 1. The van der Waals surface area contributed by atoms with Crippen molar-refractivity contribution in [1.29, 1.82) is 5.26 Å². The van der Waals surface area contributed by atoms with Gasteiger partial charge in [0.2, 0.25) is 6.29 Å². The molecular weight excluding hydrogens is 356 g/mol. The molecule has 140 valence electrons. The van der Waals surface area contributed by atoms with Gasteiger partial charge in [0.05, 0.1) is 24.4 Å². The van der Waals surface area contributed by atoms with Crippen molar-refractivity contribution in [1.82, 2.24) is 0 Å². The van der Waals surface area contributed by atoms with Crippen molar-refractivity contribution in [2.24, 2.45) is 5.73 Å². The lowest BCUT2D eigenvalue weighted by Crippen LogP contribution is -2.33. The number of rotatable bonds is 4. The molecule has 0 saturated carbocycles. The van der Waals surface area contributed by atoms with Crippen molar-refractivity contribution in [3.05, 3.63) is 88.9 Å². The van der Waals surface area contributed by atoms with E-state index in [1.165, 1.54) is 13.4 Å². The molecule has 28 heavy (non-hydrogen) atoms. The summed E-state index contributed by atoms with van der Waals surface area (Å²) >= 11 is 0. The van der Waals surface area contributed by atoms with Gasteiger partial charge in [0.15, 0.2) is 11.2 Å². The number of nitrogens with zero attached hydrogens (tertiary/aromatic N) is 1. The summed E-state index contributed by atoms with van der Waals surface area (Å²) in [6.07, 6.45) is 1.29. The Labute approximate surface area is 162 Å². The topological polar surface area (TPSA) is 94.6 Å². The molecule has 2 unspecified atom stereocenters. The standard InChI is InChI=1S/C22H18N2O4/c1-26-21(25)19-20(24)15-9-5-6-10-16(15)22(19,13-23)17-12-27-18(28-17)11-14-7-3-2-4-8-14/h2-10,12,18H,11,24H2,1H3. The Bertz CT molecular complexity index is 1040. The van der Waals surface area contributed by atoms with Gasteiger partial charge < -0.3 is 19.9 Å². The summed E-state index contributed by atoms with van der Waals surface area (Å²) in [6, 6.07) is 19.1. The monoisotopic (exact) mass is 374 g/mol. The average Bonchev–Trinajstić information content (AvgIpc) is 3.30. The number of hydrogen-bond acceptors (Lipinski definition) is 6. The zero-order valence-corrected chi connectivity index (χ0v) is 15.2. The molecule has 1 heterocycles. The Hall–Kier alpha value is -3.72. The van der Waals surface area contributed by atoms with Crippen molar-refractivity contribution in [3.63, 3.8) is 0 Å². The highest BCUT2D eigenvalue weighted by atomic mass is 16.7. The first-order valence-corrected chi connectivity index (χ1v) is 8.78. The molecule has 6 heteroatoms. The van der Waals surface area contributed by atoms with Gasteiger partial charge in [-0.2, -0.15) is 5.26 Å². The van der Waals surface area contributed by atoms with E-state index in [1.807, 2.05) is 30.3 Å². The van der Waals surface area contributed by atoms with Gasteiger partial charge in [0.25, 0.3) is 0 Å². The molecule has 0 amide bonds. The van der Waals surface area contributed by atoms with Crippen molar-refractivity contribution in [2.45, 2.75) is 18.1 Å². The third kappa shape index (κ3) is 2.52. The molecular formula is C22H18N2O4. The lowest BCUT2D eigenvalue weighted by atomic mass is 9.77. The number of methoxy groups -OCH3 is 1. The maximum Gasteiger partial charge on any atom is 0.338 e. The predicted molar refractivity (Wildman–Crippen MR) is 101 cm³/mol. The highest BCUT2D eigenvalue weighted by Crippen LogP contribution is 2.51. The maximum absolute atomic E-state index is 12.6. The van der Waals surface area contributed by atoms with E-state index in [0.29, 0.717) is 17.5 Å². The maximum atomic E-state index is 12.6. The lowest BCUT2D eigenvalue weighted by molar-refractivity contribution is -0.136. The summed E-state index contributed by atoms with van der Waals surface area (Å²) in [4.78, 5) is 12.6. The van der Waals surface area contributed by atoms with Crippen LogP contribution in [0.3, 0.4) is 0 Å². The van der Waals surface area contributed by atoms with Crippen LogP contribution in [0.5, 0.6) is 0 Å². The van der Waals surface area contributed by atoms with Gasteiger partial charge >= 0.3 is 5.97 Å². The van der Waals surface area contributed by atoms with E-state index < -0.39 is 17.7 Å². The molecule has 0 bridgehead atoms. The molecule has 1 aliphatic carbocycles. The Morgan fingerprint density at radius 2 is 1.93 bits per heavy atom. The fourth-order valence-electron chi connectivity index (χ4n) is 3.72. The van der Waals surface area contributed by atoms with Crippen LogP contribution in [0.1, 0.15) is 16.7 Å². The van der Waals surface area contributed by atoms with Crippen LogP contribution in [-0.4, -0.2) is 19.4 Å². The third-order valence-electron chi connectivity index (χ3n) is 5.02. The van der Waals surface area contributed by atoms with Crippen LogP contribution in [0.25, 0.3) is 5.70 Å². The number of hydrogen-bond donors (Lipinski definition) is 1. The van der Waals surface area contributed by atoms with Gasteiger partial charge in [0, 0.05) is 12.0 Å². The molecule has 0 fully saturated rings. The number of benzene rings is 2. The summed E-state index contributed by atoms with van der Waals surface area (Å²) in [5.41, 5.74) is 7.21. The Morgan fingerprint density at radius 3 is 2.64 bits per heavy atom. The SMILES string of the molecule is COC(=O)C1=C(N)c2ccccc2C1(C#N)C1=COC(Cc2ccccc2)O1. The van der Waals surface area contributed by atoms with Crippen LogP contribution in [0.15, 0.2) is 72.2 Å². The van der Waals surface area contributed by atoms with Gasteiger partial charge in [-0.05, 0) is 11.1 Å². The molecule has 2 aromatic carbocycles. The molecule has 0 saturated heterocycles. The number of ether oxygens (including phenoxy) is 3. The predicted octanol–water partition coefficient (Wildman–Crippen LogP) is 2.76. The quantitative estimate of drug-likeness (QED) is 0.827. The molecule has 1 aliphatic heterocycles. The van der Waals surface area contributed by atoms with Crippen LogP contribution in [0.2, 0.25) is 0 Å². The minimum Gasteiger partial charge on any atom is -0.466 e. The number of esters is 1. The summed E-state index contributed by atoms with van der Waals surface area (Å²) in [6.45, 7) is 0. The summed E-state index contributed by atoms with van der Waals surface area (Å²) in [7, 11) is 1.26. The molecule has 0 spiro atoms. The second-order valence-electron chi connectivity index (χ2n) is 6.54. The number of fused-ring (bicyclic) bond motifs is 1. The molecule has 6 nitrogen and oxygen atoms in total. The first-order valence-electron chi connectivity index (χ1n) is 8.78. The molecule has 2 aliphatic rings. The van der Waals surface area contributed by atoms with E-state index >= 15 is 0 Å². The Kier molecular flexibility index (Phi) is 4.28.